The number of fused-ring (bicyclic) bond motifs is 1. The summed E-state index contributed by atoms with van der Waals surface area (Å²) in [6.45, 7) is 1.99. The standard InChI is InChI=1S/C28H19Cl2N3O3S/c1-16-2-11-22-25(14-16)36-27(31-22)18-5-10-21(30)23(15-18)32-28(37)33-26(34)13-9-20-8-12-24(35-20)17-3-6-19(29)7-4-17/h2-15H,1H3,(H2,32,33,34,37). The summed E-state index contributed by atoms with van der Waals surface area (Å²) >= 11 is 17.6. The van der Waals surface area contributed by atoms with Gasteiger partial charge in [0.05, 0.1) is 10.7 Å². The monoisotopic (exact) mass is 547 g/mol. The first-order valence-corrected chi connectivity index (χ1v) is 12.3. The Kier molecular flexibility index (Phi) is 7.10. The largest absolute Gasteiger partial charge is 0.457 e. The summed E-state index contributed by atoms with van der Waals surface area (Å²) < 4.78 is 11.7. The van der Waals surface area contributed by atoms with Crippen LogP contribution in [0.5, 0.6) is 0 Å². The molecule has 0 atom stereocenters. The number of rotatable bonds is 5. The first kappa shape index (κ1) is 24.8. The third-order valence-corrected chi connectivity index (χ3v) is 6.18. The third kappa shape index (κ3) is 5.91. The molecule has 0 spiro atoms. The van der Waals surface area contributed by atoms with Crippen molar-refractivity contribution in [2.75, 3.05) is 5.32 Å². The van der Waals surface area contributed by atoms with Crippen LogP contribution in [-0.4, -0.2) is 16.0 Å². The molecule has 0 aliphatic rings. The van der Waals surface area contributed by atoms with E-state index in [1.165, 1.54) is 6.08 Å². The van der Waals surface area contributed by atoms with E-state index in [0.717, 1.165) is 16.6 Å². The number of carbonyl (C=O) groups is 1. The number of aromatic nitrogens is 1. The van der Waals surface area contributed by atoms with Crippen LogP contribution < -0.4 is 10.6 Å². The van der Waals surface area contributed by atoms with E-state index in [4.69, 9.17) is 44.3 Å². The van der Waals surface area contributed by atoms with Gasteiger partial charge in [-0.25, -0.2) is 4.98 Å². The molecule has 2 heterocycles. The van der Waals surface area contributed by atoms with Crippen molar-refractivity contribution in [2.24, 2.45) is 0 Å². The van der Waals surface area contributed by atoms with Gasteiger partial charge in [0.1, 0.15) is 17.0 Å². The van der Waals surface area contributed by atoms with E-state index in [1.54, 1.807) is 42.5 Å². The molecule has 0 saturated carbocycles. The minimum Gasteiger partial charge on any atom is -0.457 e. The highest BCUT2D eigenvalue weighted by molar-refractivity contribution is 7.80. The lowest BCUT2D eigenvalue weighted by Crippen LogP contribution is -2.32. The zero-order chi connectivity index (χ0) is 25.9. The number of hydrogen-bond acceptors (Lipinski definition) is 5. The predicted molar refractivity (Wildman–Crippen MR) is 152 cm³/mol. The molecule has 6 nitrogen and oxygen atoms in total. The molecule has 0 bridgehead atoms. The topological polar surface area (TPSA) is 80.3 Å². The van der Waals surface area contributed by atoms with Gasteiger partial charge in [-0.2, -0.15) is 0 Å². The molecule has 0 aliphatic heterocycles. The predicted octanol–water partition coefficient (Wildman–Crippen LogP) is 7.90. The Morgan fingerprint density at radius 3 is 2.54 bits per heavy atom. The average molecular weight is 548 g/mol. The number of halogens is 2. The van der Waals surface area contributed by atoms with Gasteiger partial charge >= 0.3 is 0 Å². The fourth-order valence-corrected chi connectivity index (χ4v) is 4.09. The normalized spacial score (nSPS) is 11.2. The van der Waals surface area contributed by atoms with Crippen LogP contribution in [0.15, 0.2) is 87.7 Å². The van der Waals surface area contributed by atoms with Gasteiger partial charge in [-0.15, -0.1) is 0 Å². The second-order valence-corrected chi connectivity index (χ2v) is 9.42. The highest BCUT2D eigenvalue weighted by atomic mass is 35.5. The Morgan fingerprint density at radius 1 is 0.946 bits per heavy atom. The number of nitrogens with zero attached hydrogens (tertiary/aromatic N) is 1. The summed E-state index contributed by atoms with van der Waals surface area (Å²) in [6.07, 6.45) is 2.89. The number of nitrogens with one attached hydrogen (secondary N) is 2. The molecule has 5 rings (SSSR count). The molecule has 5 aromatic rings. The van der Waals surface area contributed by atoms with Crippen LogP contribution in [-0.2, 0) is 4.79 Å². The Hall–Kier alpha value is -3.91. The molecule has 0 radical (unpaired) electrons. The van der Waals surface area contributed by atoms with E-state index in [9.17, 15) is 4.79 Å². The molecule has 0 saturated heterocycles. The van der Waals surface area contributed by atoms with Crippen molar-refractivity contribution < 1.29 is 13.6 Å². The molecule has 3 aromatic carbocycles. The number of hydrogen-bond donors (Lipinski definition) is 2. The molecular weight excluding hydrogens is 529 g/mol. The molecule has 0 unspecified atom stereocenters. The Bertz CT molecular complexity index is 1660. The highest BCUT2D eigenvalue weighted by Crippen LogP contribution is 2.31. The first-order valence-electron chi connectivity index (χ1n) is 11.2. The fourth-order valence-electron chi connectivity index (χ4n) is 3.59. The SMILES string of the molecule is Cc1ccc2nc(-c3ccc(Cl)c(NC(=S)NC(=O)C=Cc4ccc(-c5ccc(Cl)cc5)o4)c3)oc2c1. The van der Waals surface area contributed by atoms with Gasteiger partial charge in [0.2, 0.25) is 11.8 Å². The minimum absolute atomic E-state index is 0.0863. The molecule has 1 amide bonds. The number of amides is 1. The van der Waals surface area contributed by atoms with Gasteiger partial charge in [-0.1, -0.05) is 29.3 Å². The van der Waals surface area contributed by atoms with Gasteiger partial charge in [0.15, 0.2) is 10.7 Å². The summed E-state index contributed by atoms with van der Waals surface area (Å²) in [5, 5.41) is 6.71. The van der Waals surface area contributed by atoms with E-state index in [2.05, 4.69) is 15.6 Å². The molecule has 2 aromatic heterocycles. The maximum Gasteiger partial charge on any atom is 0.250 e. The first-order chi connectivity index (χ1) is 17.8. The lowest BCUT2D eigenvalue weighted by molar-refractivity contribution is -0.115. The van der Waals surface area contributed by atoms with Crippen LogP contribution in [0, 0.1) is 6.92 Å². The van der Waals surface area contributed by atoms with Crippen molar-refractivity contribution in [3.63, 3.8) is 0 Å². The van der Waals surface area contributed by atoms with Crippen molar-refractivity contribution in [1.29, 1.82) is 0 Å². The number of carbonyl (C=O) groups excluding carboxylic acids is 1. The fraction of sp³-hybridized carbons (Fsp3) is 0.0357. The van der Waals surface area contributed by atoms with Crippen molar-refractivity contribution in [2.45, 2.75) is 6.92 Å². The Morgan fingerprint density at radius 2 is 1.73 bits per heavy atom. The number of anilines is 1. The maximum absolute atomic E-state index is 12.4. The molecular formula is C28H19Cl2N3O3S. The number of furan rings is 1. The smallest absolute Gasteiger partial charge is 0.250 e. The molecule has 9 heteroatoms. The van der Waals surface area contributed by atoms with Crippen LogP contribution in [0.4, 0.5) is 5.69 Å². The third-order valence-electron chi connectivity index (χ3n) is 5.40. The van der Waals surface area contributed by atoms with Gasteiger partial charge in [0.25, 0.3) is 0 Å². The lowest BCUT2D eigenvalue weighted by Gasteiger charge is -2.10. The van der Waals surface area contributed by atoms with Crippen LogP contribution in [0.2, 0.25) is 10.0 Å². The molecule has 2 N–H and O–H groups in total. The molecule has 184 valence electrons. The average Bonchev–Trinajstić information content (AvgIpc) is 3.51. The highest BCUT2D eigenvalue weighted by Gasteiger charge is 2.12. The number of oxazole rings is 1. The summed E-state index contributed by atoms with van der Waals surface area (Å²) in [5.41, 5.74) is 4.64. The van der Waals surface area contributed by atoms with Crippen LogP contribution in [0.25, 0.3) is 40.0 Å². The Balaban J connectivity index is 1.23. The van der Waals surface area contributed by atoms with E-state index in [0.29, 0.717) is 44.3 Å². The summed E-state index contributed by atoms with van der Waals surface area (Å²) in [7, 11) is 0. The quantitative estimate of drug-likeness (QED) is 0.172. The van der Waals surface area contributed by atoms with Gasteiger partial charge < -0.3 is 14.2 Å². The van der Waals surface area contributed by atoms with Crippen molar-refractivity contribution in [3.8, 4) is 22.8 Å². The van der Waals surface area contributed by atoms with Gasteiger partial charge in [-0.05, 0) is 97.5 Å². The Labute approximate surface area is 227 Å². The lowest BCUT2D eigenvalue weighted by atomic mass is 10.2. The number of benzene rings is 3. The minimum atomic E-state index is -0.427. The van der Waals surface area contributed by atoms with Gasteiger partial charge in [-0.3, -0.25) is 10.1 Å². The zero-order valence-electron chi connectivity index (χ0n) is 19.4. The van der Waals surface area contributed by atoms with Crippen molar-refractivity contribution in [3.05, 3.63) is 100 Å². The van der Waals surface area contributed by atoms with Crippen LogP contribution >= 0.6 is 35.4 Å². The summed E-state index contributed by atoms with van der Waals surface area (Å²) in [5.74, 6) is 1.21. The van der Waals surface area contributed by atoms with Gasteiger partial charge in [0, 0.05) is 22.2 Å². The second kappa shape index (κ2) is 10.6. The maximum atomic E-state index is 12.4. The molecule has 37 heavy (non-hydrogen) atoms. The van der Waals surface area contributed by atoms with Crippen molar-refractivity contribution >= 4 is 69.3 Å². The van der Waals surface area contributed by atoms with E-state index < -0.39 is 5.91 Å². The zero-order valence-corrected chi connectivity index (χ0v) is 21.7. The second-order valence-electron chi connectivity index (χ2n) is 8.17. The van der Waals surface area contributed by atoms with Crippen molar-refractivity contribution in [1.82, 2.24) is 10.3 Å². The van der Waals surface area contributed by atoms with Crippen LogP contribution in [0.1, 0.15) is 11.3 Å². The summed E-state index contributed by atoms with van der Waals surface area (Å²) in [6, 6.07) is 22.0. The van der Waals surface area contributed by atoms with Crippen LogP contribution in [0.3, 0.4) is 0 Å². The van der Waals surface area contributed by atoms with E-state index >= 15 is 0 Å². The number of aryl methyl sites for hydroxylation is 1. The molecule has 0 fully saturated rings. The number of thiocarbonyl (C=S) groups is 1. The van der Waals surface area contributed by atoms with E-state index in [-0.39, 0.29) is 5.11 Å². The summed E-state index contributed by atoms with van der Waals surface area (Å²) in [4.78, 5) is 16.9. The van der Waals surface area contributed by atoms with E-state index in [1.807, 2.05) is 43.3 Å². The molecule has 0 aliphatic carbocycles.